The van der Waals surface area contributed by atoms with Gasteiger partial charge in [-0.15, -0.1) is 0 Å². The summed E-state index contributed by atoms with van der Waals surface area (Å²) in [5.41, 5.74) is 3.44. The van der Waals surface area contributed by atoms with Crippen LogP contribution in [0, 0.1) is 11.3 Å². The summed E-state index contributed by atoms with van der Waals surface area (Å²) < 4.78 is 11.5. The van der Waals surface area contributed by atoms with Crippen molar-refractivity contribution in [3.63, 3.8) is 0 Å². The number of nitrogens with one attached hydrogen (secondary N) is 2. The molecule has 11 heteroatoms. The average molecular weight is 550 g/mol. The number of H-pyrrole nitrogens is 1. The lowest BCUT2D eigenvalue weighted by molar-refractivity contribution is -0.0209. The van der Waals surface area contributed by atoms with Gasteiger partial charge in [-0.1, -0.05) is 23.2 Å². The summed E-state index contributed by atoms with van der Waals surface area (Å²) in [5.74, 6) is 1.31. The van der Waals surface area contributed by atoms with Gasteiger partial charge < -0.3 is 19.7 Å². The number of nitriles is 1. The van der Waals surface area contributed by atoms with Crippen molar-refractivity contribution < 1.29 is 9.47 Å². The fraction of sp³-hybridized carbons (Fsp3) is 0.333. The summed E-state index contributed by atoms with van der Waals surface area (Å²) in [6.45, 7) is 7.13. The summed E-state index contributed by atoms with van der Waals surface area (Å²) >= 11 is 12.6. The third kappa shape index (κ3) is 4.54. The number of benzene rings is 1. The van der Waals surface area contributed by atoms with Crippen LogP contribution in [0.15, 0.2) is 42.9 Å². The highest BCUT2D eigenvalue weighted by Crippen LogP contribution is 2.36. The van der Waals surface area contributed by atoms with Crippen molar-refractivity contribution in [3.8, 4) is 23.1 Å². The molecular formula is C27H25Cl2N7O2. The third-order valence-electron chi connectivity index (χ3n) is 6.97. The third-order valence-corrected chi connectivity index (χ3v) is 7.58. The van der Waals surface area contributed by atoms with E-state index in [1.807, 2.05) is 31.2 Å². The van der Waals surface area contributed by atoms with E-state index in [1.165, 1.54) is 0 Å². The lowest BCUT2D eigenvalue weighted by Crippen LogP contribution is -2.72. The Kier molecular flexibility index (Phi) is 6.36. The number of anilines is 1. The molecule has 5 heterocycles. The molecule has 0 bridgehead atoms. The molecule has 0 aliphatic carbocycles. The first-order valence-electron chi connectivity index (χ1n) is 12.3. The standard InChI is InChI=1S/C27H25Cl2N7O2/c1-15(24-21(28)9-31-10-22(24)29)38-19-3-4-23-20(6-19)25(35-34-23)17-5-16(7-30)26(32-8-17)36-13-27(2,14-36)33-18-11-37-12-18/h3-6,8-10,15,18,33H,11-14H2,1-2H3,(H,34,35)/t15-/m1/s1. The van der Waals surface area contributed by atoms with Crippen LogP contribution in [0.25, 0.3) is 22.2 Å². The van der Waals surface area contributed by atoms with Gasteiger partial charge in [0.2, 0.25) is 0 Å². The van der Waals surface area contributed by atoms with Crippen LogP contribution in [0.1, 0.15) is 31.1 Å². The number of ether oxygens (including phenoxy) is 2. The zero-order valence-corrected chi connectivity index (χ0v) is 22.3. The molecule has 2 fully saturated rings. The minimum atomic E-state index is -0.398. The second kappa shape index (κ2) is 9.71. The van der Waals surface area contributed by atoms with Gasteiger partial charge in [0, 0.05) is 48.2 Å². The lowest BCUT2D eigenvalue weighted by Gasteiger charge is -2.51. The molecule has 1 aromatic carbocycles. The van der Waals surface area contributed by atoms with Crippen molar-refractivity contribution in [2.24, 2.45) is 0 Å². The zero-order valence-electron chi connectivity index (χ0n) is 20.8. The molecule has 0 spiro atoms. The van der Waals surface area contributed by atoms with Crippen LogP contribution >= 0.6 is 23.2 Å². The van der Waals surface area contributed by atoms with Gasteiger partial charge in [0.15, 0.2) is 0 Å². The number of aromatic nitrogens is 4. The topological polar surface area (TPSA) is 112 Å². The Bertz CT molecular complexity index is 1540. The molecule has 0 amide bonds. The molecule has 194 valence electrons. The highest BCUT2D eigenvalue weighted by molar-refractivity contribution is 6.35. The maximum atomic E-state index is 9.92. The normalized spacial score (nSPS) is 17.5. The minimum absolute atomic E-state index is 0.0157. The Morgan fingerprint density at radius 2 is 1.97 bits per heavy atom. The number of nitrogens with zero attached hydrogens (tertiary/aromatic N) is 5. The lowest BCUT2D eigenvalue weighted by atomic mass is 9.90. The molecule has 6 rings (SSSR count). The molecule has 38 heavy (non-hydrogen) atoms. The number of hydrogen-bond acceptors (Lipinski definition) is 8. The SMILES string of the molecule is C[C@@H](Oc1ccc2[nH]nc(-c3cnc(N4CC(C)(NC5COC5)C4)c(C#N)c3)c2c1)c1c(Cl)cncc1Cl. The predicted molar refractivity (Wildman–Crippen MR) is 146 cm³/mol. The van der Waals surface area contributed by atoms with Gasteiger partial charge in [0.1, 0.15) is 29.4 Å². The van der Waals surface area contributed by atoms with Crippen molar-refractivity contribution in [1.29, 1.82) is 5.26 Å². The highest BCUT2D eigenvalue weighted by Gasteiger charge is 2.42. The van der Waals surface area contributed by atoms with E-state index in [0.717, 1.165) is 42.8 Å². The second-order valence-corrected chi connectivity index (χ2v) is 10.9. The van der Waals surface area contributed by atoms with E-state index in [1.54, 1.807) is 18.6 Å². The van der Waals surface area contributed by atoms with Crippen molar-refractivity contribution in [2.45, 2.75) is 31.5 Å². The number of hydrogen-bond donors (Lipinski definition) is 2. The van der Waals surface area contributed by atoms with Gasteiger partial charge in [-0.05, 0) is 38.1 Å². The first-order valence-corrected chi connectivity index (χ1v) is 13.0. The van der Waals surface area contributed by atoms with Crippen LogP contribution in [0.4, 0.5) is 5.82 Å². The molecule has 4 aromatic rings. The largest absolute Gasteiger partial charge is 0.486 e. The van der Waals surface area contributed by atoms with E-state index < -0.39 is 6.10 Å². The molecule has 9 nitrogen and oxygen atoms in total. The van der Waals surface area contributed by atoms with Crippen LogP contribution in [0.5, 0.6) is 5.75 Å². The van der Waals surface area contributed by atoms with E-state index in [-0.39, 0.29) is 5.54 Å². The number of pyridine rings is 2. The second-order valence-electron chi connectivity index (χ2n) is 10.1. The fourth-order valence-corrected chi connectivity index (χ4v) is 5.80. The van der Waals surface area contributed by atoms with E-state index >= 15 is 0 Å². The Morgan fingerprint density at radius 1 is 1.21 bits per heavy atom. The Morgan fingerprint density at radius 3 is 2.66 bits per heavy atom. The van der Waals surface area contributed by atoms with Crippen LogP contribution in [0.3, 0.4) is 0 Å². The van der Waals surface area contributed by atoms with Crippen LogP contribution in [-0.2, 0) is 4.74 Å². The summed E-state index contributed by atoms with van der Waals surface area (Å²) in [6, 6.07) is 10.2. The number of aromatic amines is 1. The number of halogens is 2. The molecule has 2 aliphatic heterocycles. The molecular weight excluding hydrogens is 525 g/mol. The summed E-state index contributed by atoms with van der Waals surface area (Å²) in [4.78, 5) is 10.8. The Balaban J connectivity index is 1.24. The van der Waals surface area contributed by atoms with Crippen LogP contribution < -0.4 is 15.0 Å². The monoisotopic (exact) mass is 549 g/mol. The highest BCUT2D eigenvalue weighted by atomic mass is 35.5. The van der Waals surface area contributed by atoms with Gasteiger partial charge in [-0.2, -0.15) is 10.4 Å². The molecule has 0 unspecified atom stereocenters. The quantitative estimate of drug-likeness (QED) is 0.334. The fourth-order valence-electron chi connectivity index (χ4n) is 5.13. The molecule has 1 atom stereocenters. The molecule has 2 saturated heterocycles. The van der Waals surface area contributed by atoms with Gasteiger partial charge >= 0.3 is 0 Å². The van der Waals surface area contributed by atoms with Crippen molar-refractivity contribution in [3.05, 3.63) is 64.0 Å². The van der Waals surface area contributed by atoms with Crippen LogP contribution in [0.2, 0.25) is 10.0 Å². The van der Waals surface area contributed by atoms with Gasteiger partial charge in [0.25, 0.3) is 0 Å². The smallest absolute Gasteiger partial charge is 0.146 e. The average Bonchev–Trinajstić information content (AvgIpc) is 3.27. The minimum Gasteiger partial charge on any atom is -0.486 e. The van der Waals surface area contributed by atoms with E-state index in [4.69, 9.17) is 32.7 Å². The van der Waals surface area contributed by atoms with Gasteiger partial charge in [-0.25, -0.2) is 4.98 Å². The van der Waals surface area contributed by atoms with Gasteiger partial charge in [0.05, 0.1) is 45.9 Å². The first-order chi connectivity index (χ1) is 18.3. The number of fused-ring (bicyclic) bond motifs is 1. The summed E-state index contributed by atoms with van der Waals surface area (Å²) in [7, 11) is 0. The summed E-state index contributed by atoms with van der Waals surface area (Å²) in [6.07, 6.45) is 4.46. The molecule has 0 radical (unpaired) electrons. The zero-order chi connectivity index (χ0) is 26.4. The van der Waals surface area contributed by atoms with Crippen molar-refractivity contribution >= 4 is 39.9 Å². The molecule has 3 aromatic heterocycles. The molecule has 2 aliphatic rings. The van der Waals surface area contributed by atoms with E-state index in [9.17, 15) is 5.26 Å². The maximum Gasteiger partial charge on any atom is 0.146 e. The van der Waals surface area contributed by atoms with E-state index in [0.29, 0.717) is 44.5 Å². The van der Waals surface area contributed by atoms with Crippen LogP contribution in [-0.4, -0.2) is 58.0 Å². The Hall–Kier alpha value is -3.42. The molecule has 2 N–H and O–H groups in total. The first kappa shape index (κ1) is 24.9. The predicted octanol–water partition coefficient (Wildman–Crippen LogP) is 4.91. The van der Waals surface area contributed by atoms with Crippen molar-refractivity contribution in [1.82, 2.24) is 25.5 Å². The van der Waals surface area contributed by atoms with Gasteiger partial charge in [-0.3, -0.25) is 10.1 Å². The number of rotatable bonds is 7. The molecule has 0 saturated carbocycles. The maximum absolute atomic E-state index is 9.92. The summed E-state index contributed by atoms with van der Waals surface area (Å²) in [5, 5.41) is 22.9. The Labute approximate surface area is 229 Å². The van der Waals surface area contributed by atoms with Crippen molar-refractivity contribution in [2.75, 3.05) is 31.2 Å². The van der Waals surface area contributed by atoms with E-state index in [2.05, 4.69) is 43.4 Å².